The topological polar surface area (TPSA) is 38.8 Å². The predicted octanol–water partition coefficient (Wildman–Crippen LogP) is 3.30. The molecule has 0 saturated heterocycles. The monoisotopic (exact) mass is 341 g/mol. The first kappa shape index (κ1) is 15.3. The SMILES string of the molecule is COCCCCN1C(=O)C(C)Oc2cc(Br)c(C)cc21. The minimum atomic E-state index is -0.431. The maximum atomic E-state index is 12.3. The fraction of sp³-hybridized carbons (Fsp3) is 0.533. The lowest BCUT2D eigenvalue weighted by Crippen LogP contribution is -2.45. The number of rotatable bonds is 5. The number of amides is 1. The van der Waals surface area contributed by atoms with Crippen molar-refractivity contribution < 1.29 is 14.3 Å². The summed E-state index contributed by atoms with van der Waals surface area (Å²) in [7, 11) is 1.69. The van der Waals surface area contributed by atoms with E-state index in [0.29, 0.717) is 6.54 Å². The van der Waals surface area contributed by atoms with Gasteiger partial charge in [-0.25, -0.2) is 0 Å². The molecule has 0 saturated carbocycles. The van der Waals surface area contributed by atoms with Gasteiger partial charge >= 0.3 is 0 Å². The van der Waals surface area contributed by atoms with Crippen LogP contribution < -0.4 is 9.64 Å². The standard InChI is InChI=1S/C15H20BrNO3/c1-10-8-13-14(9-12(10)16)20-11(2)15(18)17(13)6-4-5-7-19-3/h8-9,11H,4-7H2,1-3H3. The number of halogens is 1. The van der Waals surface area contributed by atoms with Crippen LogP contribution in [0.2, 0.25) is 0 Å². The molecule has 1 atom stereocenters. The zero-order chi connectivity index (χ0) is 14.7. The molecule has 0 fully saturated rings. The Morgan fingerprint density at radius 3 is 2.85 bits per heavy atom. The Labute approximate surface area is 128 Å². The summed E-state index contributed by atoms with van der Waals surface area (Å²) in [5.41, 5.74) is 1.96. The van der Waals surface area contributed by atoms with E-state index in [4.69, 9.17) is 9.47 Å². The molecular weight excluding hydrogens is 322 g/mol. The van der Waals surface area contributed by atoms with E-state index in [1.54, 1.807) is 14.0 Å². The fourth-order valence-electron chi connectivity index (χ4n) is 2.28. The highest BCUT2D eigenvalue weighted by Gasteiger charge is 2.31. The van der Waals surface area contributed by atoms with Gasteiger partial charge in [-0.05, 0) is 44.4 Å². The second-order valence-corrected chi connectivity index (χ2v) is 5.87. The van der Waals surface area contributed by atoms with Crippen LogP contribution in [0.15, 0.2) is 16.6 Å². The molecule has 0 bridgehead atoms. The molecule has 1 heterocycles. The van der Waals surface area contributed by atoms with Gasteiger partial charge in [0.25, 0.3) is 5.91 Å². The second-order valence-electron chi connectivity index (χ2n) is 5.02. The summed E-state index contributed by atoms with van der Waals surface area (Å²) in [5, 5.41) is 0. The fourth-order valence-corrected chi connectivity index (χ4v) is 2.60. The summed E-state index contributed by atoms with van der Waals surface area (Å²) >= 11 is 3.50. The van der Waals surface area contributed by atoms with Gasteiger partial charge in [0.15, 0.2) is 6.10 Å². The highest BCUT2D eigenvalue weighted by Crippen LogP contribution is 2.38. The van der Waals surface area contributed by atoms with Crippen LogP contribution in [0.5, 0.6) is 5.75 Å². The number of anilines is 1. The summed E-state index contributed by atoms with van der Waals surface area (Å²) < 4.78 is 11.7. The molecule has 0 N–H and O–H groups in total. The van der Waals surface area contributed by atoms with Gasteiger partial charge in [-0.15, -0.1) is 0 Å². The van der Waals surface area contributed by atoms with E-state index in [1.165, 1.54) is 0 Å². The third-order valence-corrected chi connectivity index (χ3v) is 4.28. The van der Waals surface area contributed by atoms with Crippen molar-refractivity contribution in [2.24, 2.45) is 0 Å². The van der Waals surface area contributed by atoms with Gasteiger partial charge in [0, 0.05) is 24.7 Å². The number of nitrogens with zero attached hydrogens (tertiary/aromatic N) is 1. The average Bonchev–Trinajstić information content (AvgIpc) is 2.41. The third kappa shape index (κ3) is 3.15. The number of carbonyl (C=O) groups excluding carboxylic acids is 1. The van der Waals surface area contributed by atoms with Gasteiger partial charge in [-0.2, -0.15) is 0 Å². The molecule has 1 aliphatic rings. The summed E-state index contributed by atoms with van der Waals surface area (Å²) in [6.45, 7) is 5.22. The van der Waals surface area contributed by atoms with Crippen LogP contribution in [0.1, 0.15) is 25.3 Å². The maximum absolute atomic E-state index is 12.3. The van der Waals surface area contributed by atoms with Crippen molar-refractivity contribution >= 4 is 27.5 Å². The van der Waals surface area contributed by atoms with E-state index >= 15 is 0 Å². The number of hydrogen-bond acceptors (Lipinski definition) is 3. The highest BCUT2D eigenvalue weighted by molar-refractivity contribution is 9.10. The largest absolute Gasteiger partial charge is 0.479 e. The Bertz CT molecular complexity index is 504. The molecule has 110 valence electrons. The number of carbonyl (C=O) groups is 1. The van der Waals surface area contributed by atoms with E-state index < -0.39 is 6.10 Å². The quantitative estimate of drug-likeness (QED) is 0.771. The van der Waals surface area contributed by atoms with Crippen molar-refractivity contribution in [3.05, 3.63) is 22.2 Å². The molecule has 0 aliphatic carbocycles. The van der Waals surface area contributed by atoms with Crippen LogP contribution in [0.4, 0.5) is 5.69 Å². The molecular formula is C15H20BrNO3. The molecule has 4 nitrogen and oxygen atoms in total. The Morgan fingerprint density at radius 1 is 1.40 bits per heavy atom. The van der Waals surface area contributed by atoms with Crippen molar-refractivity contribution in [1.29, 1.82) is 0 Å². The summed E-state index contributed by atoms with van der Waals surface area (Å²) in [5.74, 6) is 0.790. The van der Waals surface area contributed by atoms with E-state index in [9.17, 15) is 4.79 Å². The second kappa shape index (κ2) is 6.59. The number of aryl methyl sites for hydroxylation is 1. The van der Waals surface area contributed by atoms with E-state index in [1.807, 2.05) is 24.0 Å². The first-order valence-electron chi connectivity index (χ1n) is 6.81. The Kier molecular flexibility index (Phi) is 5.05. The highest BCUT2D eigenvalue weighted by atomic mass is 79.9. The molecule has 5 heteroatoms. The number of methoxy groups -OCH3 is 1. The number of fused-ring (bicyclic) bond motifs is 1. The minimum absolute atomic E-state index is 0.0247. The molecule has 0 radical (unpaired) electrons. The van der Waals surface area contributed by atoms with Crippen LogP contribution >= 0.6 is 15.9 Å². The number of hydrogen-bond donors (Lipinski definition) is 0. The maximum Gasteiger partial charge on any atom is 0.267 e. The molecule has 1 aliphatic heterocycles. The van der Waals surface area contributed by atoms with Crippen LogP contribution in [-0.2, 0) is 9.53 Å². The molecule has 0 aromatic heterocycles. The van der Waals surface area contributed by atoms with Crippen LogP contribution in [-0.4, -0.2) is 32.3 Å². The minimum Gasteiger partial charge on any atom is -0.479 e. The van der Waals surface area contributed by atoms with Crippen molar-refractivity contribution in [2.45, 2.75) is 32.8 Å². The van der Waals surface area contributed by atoms with Crippen molar-refractivity contribution in [1.82, 2.24) is 0 Å². The summed E-state index contributed by atoms with van der Waals surface area (Å²) in [6.07, 6.45) is 1.43. The van der Waals surface area contributed by atoms with Crippen molar-refractivity contribution in [3.8, 4) is 5.75 Å². The average molecular weight is 342 g/mol. The Balaban J connectivity index is 2.22. The van der Waals surface area contributed by atoms with Crippen molar-refractivity contribution in [2.75, 3.05) is 25.2 Å². The zero-order valence-corrected chi connectivity index (χ0v) is 13.7. The molecule has 0 spiro atoms. The van der Waals surface area contributed by atoms with Crippen molar-refractivity contribution in [3.63, 3.8) is 0 Å². The molecule has 1 amide bonds. The molecule has 1 aromatic rings. The summed E-state index contributed by atoms with van der Waals surface area (Å²) in [6, 6.07) is 3.94. The number of unbranched alkanes of at least 4 members (excludes halogenated alkanes) is 1. The first-order chi connectivity index (χ1) is 9.54. The van der Waals surface area contributed by atoms with E-state index in [2.05, 4.69) is 15.9 Å². The predicted molar refractivity (Wildman–Crippen MR) is 82.4 cm³/mol. The lowest BCUT2D eigenvalue weighted by Gasteiger charge is -2.33. The van der Waals surface area contributed by atoms with E-state index in [-0.39, 0.29) is 5.91 Å². The van der Waals surface area contributed by atoms with Gasteiger partial charge in [-0.3, -0.25) is 4.79 Å². The summed E-state index contributed by atoms with van der Waals surface area (Å²) in [4.78, 5) is 14.1. The number of benzene rings is 1. The molecule has 1 aromatic carbocycles. The smallest absolute Gasteiger partial charge is 0.267 e. The number of ether oxygens (including phenoxy) is 2. The van der Waals surface area contributed by atoms with Gasteiger partial charge in [0.05, 0.1) is 5.69 Å². The third-order valence-electron chi connectivity index (χ3n) is 3.43. The molecule has 2 rings (SSSR count). The van der Waals surface area contributed by atoms with Crippen LogP contribution in [0, 0.1) is 6.92 Å². The van der Waals surface area contributed by atoms with Gasteiger partial charge in [0.1, 0.15) is 5.75 Å². The van der Waals surface area contributed by atoms with Gasteiger partial charge in [0.2, 0.25) is 0 Å². The van der Waals surface area contributed by atoms with Crippen LogP contribution in [0.25, 0.3) is 0 Å². The normalized spacial score (nSPS) is 17.9. The first-order valence-corrected chi connectivity index (χ1v) is 7.61. The van der Waals surface area contributed by atoms with E-state index in [0.717, 1.165) is 40.9 Å². The zero-order valence-electron chi connectivity index (χ0n) is 12.1. The Hall–Kier alpha value is -1.07. The lowest BCUT2D eigenvalue weighted by molar-refractivity contribution is -0.125. The lowest BCUT2D eigenvalue weighted by atomic mass is 10.1. The van der Waals surface area contributed by atoms with Gasteiger partial charge in [-0.1, -0.05) is 15.9 Å². The molecule has 20 heavy (non-hydrogen) atoms. The van der Waals surface area contributed by atoms with Crippen LogP contribution in [0.3, 0.4) is 0 Å². The molecule has 1 unspecified atom stereocenters. The Morgan fingerprint density at radius 2 is 2.15 bits per heavy atom. The van der Waals surface area contributed by atoms with Gasteiger partial charge < -0.3 is 14.4 Å².